The number of sulfonamides is 1. The maximum atomic E-state index is 13.2. The second-order valence-electron chi connectivity index (χ2n) is 7.53. The first-order valence-electron chi connectivity index (χ1n) is 10.2. The Kier molecular flexibility index (Phi) is 7.40. The van der Waals surface area contributed by atoms with Crippen molar-refractivity contribution in [1.82, 2.24) is 9.62 Å². The Morgan fingerprint density at radius 1 is 1.06 bits per heavy atom. The third kappa shape index (κ3) is 5.68. The van der Waals surface area contributed by atoms with Gasteiger partial charge in [-0.3, -0.25) is 9.59 Å². The van der Waals surface area contributed by atoms with Crippen molar-refractivity contribution in [3.05, 3.63) is 59.9 Å². The Balaban J connectivity index is 1.58. The number of benzene rings is 2. The van der Waals surface area contributed by atoms with Crippen LogP contribution < -0.4 is 10.6 Å². The molecule has 0 spiro atoms. The van der Waals surface area contributed by atoms with E-state index in [1.165, 1.54) is 16.4 Å². The Labute approximate surface area is 181 Å². The van der Waals surface area contributed by atoms with Crippen molar-refractivity contribution in [3.63, 3.8) is 0 Å². The second kappa shape index (κ2) is 10.0. The summed E-state index contributed by atoms with van der Waals surface area (Å²) in [7, 11) is -3.77. The number of hydrogen-bond donors (Lipinski definition) is 2. The van der Waals surface area contributed by atoms with Gasteiger partial charge in [0.2, 0.25) is 10.0 Å². The van der Waals surface area contributed by atoms with Crippen LogP contribution in [0.3, 0.4) is 0 Å². The molecule has 0 aromatic heterocycles. The first-order chi connectivity index (χ1) is 14.8. The minimum absolute atomic E-state index is 0.0439. The van der Waals surface area contributed by atoms with E-state index in [-0.39, 0.29) is 17.5 Å². The Morgan fingerprint density at radius 3 is 2.48 bits per heavy atom. The molecule has 2 aromatic carbocycles. The summed E-state index contributed by atoms with van der Waals surface area (Å²) in [4.78, 5) is 24.3. The minimum atomic E-state index is -3.77. The maximum Gasteiger partial charge on any atom is 0.313 e. The molecule has 0 aliphatic carbocycles. The largest absolute Gasteiger partial charge is 0.348 e. The summed E-state index contributed by atoms with van der Waals surface area (Å²) in [6.07, 6.45) is 2.65. The van der Waals surface area contributed by atoms with Crippen molar-refractivity contribution < 1.29 is 22.4 Å². The van der Waals surface area contributed by atoms with Gasteiger partial charge in [0.05, 0.1) is 4.90 Å². The fourth-order valence-electron chi connectivity index (χ4n) is 3.65. The number of nitrogens with one attached hydrogen (secondary N) is 2. The minimum Gasteiger partial charge on any atom is -0.348 e. The fourth-order valence-corrected chi connectivity index (χ4v) is 5.37. The first-order valence-corrected chi connectivity index (χ1v) is 11.7. The first kappa shape index (κ1) is 22.9. The van der Waals surface area contributed by atoms with Gasteiger partial charge < -0.3 is 10.6 Å². The summed E-state index contributed by atoms with van der Waals surface area (Å²) < 4.78 is 40.6. The molecule has 1 fully saturated rings. The highest BCUT2D eigenvalue weighted by molar-refractivity contribution is 7.89. The van der Waals surface area contributed by atoms with E-state index >= 15 is 0 Å². The molecule has 7 nitrogen and oxygen atoms in total. The SMILES string of the molecule is Cc1ccccc1NC(=O)C(=O)NCC[C@H]1CCCCN1S(=O)(=O)c1ccc(F)cc1. The van der Waals surface area contributed by atoms with Crippen molar-refractivity contribution in [2.24, 2.45) is 0 Å². The monoisotopic (exact) mass is 447 g/mol. The van der Waals surface area contributed by atoms with Crippen LogP contribution in [0, 0.1) is 12.7 Å². The van der Waals surface area contributed by atoms with Crippen molar-refractivity contribution in [2.75, 3.05) is 18.4 Å². The number of piperidine rings is 1. The lowest BCUT2D eigenvalue weighted by Crippen LogP contribution is -2.45. The number of nitrogens with zero attached hydrogens (tertiary/aromatic N) is 1. The van der Waals surface area contributed by atoms with E-state index in [1.54, 1.807) is 12.1 Å². The zero-order chi connectivity index (χ0) is 22.4. The summed E-state index contributed by atoms with van der Waals surface area (Å²) in [6.45, 7) is 2.36. The topological polar surface area (TPSA) is 95.6 Å². The predicted molar refractivity (Wildman–Crippen MR) is 115 cm³/mol. The van der Waals surface area contributed by atoms with E-state index in [0.29, 0.717) is 25.1 Å². The van der Waals surface area contributed by atoms with Gasteiger partial charge in [0.1, 0.15) is 5.82 Å². The standard InChI is InChI=1S/C22H26FN3O4S/c1-16-6-2-3-8-20(16)25-22(28)21(27)24-14-13-18-7-4-5-15-26(18)31(29,30)19-11-9-17(23)10-12-19/h2-3,6,8-12,18H,4-5,7,13-15H2,1H3,(H,24,27)(H,25,28)/t18-/m1/s1. The van der Waals surface area contributed by atoms with Gasteiger partial charge in [0, 0.05) is 24.8 Å². The number of halogens is 1. The molecule has 1 heterocycles. The molecule has 1 saturated heterocycles. The molecule has 2 N–H and O–H groups in total. The highest BCUT2D eigenvalue weighted by Gasteiger charge is 2.33. The molecule has 166 valence electrons. The van der Waals surface area contributed by atoms with Gasteiger partial charge in [-0.25, -0.2) is 12.8 Å². The molecule has 1 atom stereocenters. The van der Waals surface area contributed by atoms with E-state index in [4.69, 9.17) is 0 Å². The highest BCUT2D eigenvalue weighted by atomic mass is 32.2. The van der Waals surface area contributed by atoms with Crippen molar-refractivity contribution in [1.29, 1.82) is 0 Å². The van der Waals surface area contributed by atoms with Crippen LogP contribution in [0.15, 0.2) is 53.4 Å². The summed E-state index contributed by atoms with van der Waals surface area (Å²) >= 11 is 0. The summed E-state index contributed by atoms with van der Waals surface area (Å²) in [5.74, 6) is -2.04. The number of carbonyl (C=O) groups is 2. The number of anilines is 1. The normalized spacial score (nSPS) is 17.2. The molecule has 0 unspecified atom stereocenters. The number of para-hydroxylation sites is 1. The van der Waals surface area contributed by atoms with E-state index in [2.05, 4.69) is 10.6 Å². The molecule has 9 heteroatoms. The van der Waals surface area contributed by atoms with Crippen LogP contribution >= 0.6 is 0 Å². The van der Waals surface area contributed by atoms with Crippen molar-refractivity contribution in [3.8, 4) is 0 Å². The van der Waals surface area contributed by atoms with Gasteiger partial charge in [-0.15, -0.1) is 0 Å². The Hall–Kier alpha value is -2.78. The van der Waals surface area contributed by atoms with Gasteiger partial charge in [0.25, 0.3) is 0 Å². The number of hydrogen-bond acceptors (Lipinski definition) is 4. The van der Waals surface area contributed by atoms with Crippen LogP contribution in [0.25, 0.3) is 0 Å². The quantitative estimate of drug-likeness (QED) is 0.666. The third-order valence-electron chi connectivity index (χ3n) is 5.36. The average Bonchev–Trinajstić information content (AvgIpc) is 2.76. The summed E-state index contributed by atoms with van der Waals surface area (Å²) in [6, 6.07) is 11.6. The Morgan fingerprint density at radius 2 is 1.77 bits per heavy atom. The van der Waals surface area contributed by atoms with Gasteiger partial charge in [-0.1, -0.05) is 24.6 Å². The van der Waals surface area contributed by atoms with E-state index < -0.39 is 27.7 Å². The third-order valence-corrected chi connectivity index (χ3v) is 7.32. The van der Waals surface area contributed by atoms with Gasteiger partial charge in [0.15, 0.2) is 0 Å². The molecule has 0 bridgehead atoms. The van der Waals surface area contributed by atoms with Crippen LogP contribution in [0.2, 0.25) is 0 Å². The van der Waals surface area contributed by atoms with Crippen LogP contribution in [-0.4, -0.2) is 43.7 Å². The lowest BCUT2D eigenvalue weighted by Gasteiger charge is -2.34. The molecule has 0 saturated carbocycles. The highest BCUT2D eigenvalue weighted by Crippen LogP contribution is 2.27. The lowest BCUT2D eigenvalue weighted by atomic mass is 10.0. The predicted octanol–water partition coefficient (Wildman–Crippen LogP) is 2.82. The molecule has 2 aromatic rings. The number of amides is 2. The van der Waals surface area contributed by atoms with Crippen molar-refractivity contribution >= 4 is 27.5 Å². The zero-order valence-corrected chi connectivity index (χ0v) is 18.1. The van der Waals surface area contributed by atoms with Crippen LogP contribution in [0.5, 0.6) is 0 Å². The second-order valence-corrected chi connectivity index (χ2v) is 9.42. The molecule has 1 aliphatic rings. The number of rotatable bonds is 6. The fraction of sp³-hybridized carbons (Fsp3) is 0.364. The molecule has 3 rings (SSSR count). The number of carbonyl (C=O) groups excluding carboxylic acids is 2. The molecule has 1 aliphatic heterocycles. The molecular formula is C22H26FN3O4S. The van der Waals surface area contributed by atoms with Gasteiger partial charge in [-0.2, -0.15) is 4.31 Å². The molecule has 31 heavy (non-hydrogen) atoms. The van der Waals surface area contributed by atoms with Crippen LogP contribution in [0.4, 0.5) is 10.1 Å². The smallest absolute Gasteiger partial charge is 0.313 e. The molecule has 2 amide bonds. The Bertz CT molecular complexity index is 1040. The zero-order valence-electron chi connectivity index (χ0n) is 17.3. The summed E-state index contributed by atoms with van der Waals surface area (Å²) in [5.41, 5.74) is 1.40. The van der Waals surface area contributed by atoms with Crippen molar-refractivity contribution in [2.45, 2.75) is 43.5 Å². The lowest BCUT2D eigenvalue weighted by molar-refractivity contribution is -0.136. The molecule has 0 radical (unpaired) electrons. The van der Waals surface area contributed by atoms with Crippen LogP contribution in [-0.2, 0) is 19.6 Å². The van der Waals surface area contributed by atoms with Crippen LogP contribution in [0.1, 0.15) is 31.2 Å². The van der Waals surface area contributed by atoms with E-state index in [1.807, 2.05) is 19.1 Å². The molecular weight excluding hydrogens is 421 g/mol. The van der Waals surface area contributed by atoms with E-state index in [9.17, 15) is 22.4 Å². The summed E-state index contributed by atoms with van der Waals surface area (Å²) in [5, 5.41) is 5.14. The van der Waals surface area contributed by atoms with E-state index in [0.717, 1.165) is 30.5 Å². The van der Waals surface area contributed by atoms with Gasteiger partial charge in [-0.05, 0) is 62.1 Å². The number of aryl methyl sites for hydroxylation is 1. The maximum absolute atomic E-state index is 13.2. The van der Waals surface area contributed by atoms with Gasteiger partial charge >= 0.3 is 11.8 Å². The average molecular weight is 448 g/mol.